The number of unbranched alkanes of at least 4 members (excludes halogenated alkanes) is 2. The highest BCUT2D eigenvalue weighted by Crippen LogP contribution is 2.13. The van der Waals surface area contributed by atoms with Crippen molar-refractivity contribution in [3.05, 3.63) is 11.8 Å². The summed E-state index contributed by atoms with van der Waals surface area (Å²) in [6, 6.07) is 0. The number of nitrogens with zero attached hydrogens (tertiary/aromatic N) is 2. The maximum absolute atomic E-state index is 2.70. The van der Waals surface area contributed by atoms with E-state index >= 15 is 0 Å². The van der Waals surface area contributed by atoms with E-state index in [4.69, 9.17) is 0 Å². The van der Waals surface area contributed by atoms with Gasteiger partial charge in [-0.15, -0.1) is 5.70 Å². The predicted octanol–water partition coefficient (Wildman–Crippen LogP) is 3.22. The van der Waals surface area contributed by atoms with Crippen LogP contribution < -0.4 is 0 Å². The Labute approximate surface area is 131 Å². The van der Waals surface area contributed by atoms with Gasteiger partial charge in [-0.1, -0.05) is 46.6 Å². The van der Waals surface area contributed by atoms with Crippen LogP contribution in [0.15, 0.2) is 11.8 Å². The lowest BCUT2D eigenvalue weighted by Gasteiger charge is -2.38. The van der Waals surface area contributed by atoms with E-state index in [1.807, 2.05) is 0 Å². The van der Waals surface area contributed by atoms with Crippen molar-refractivity contribution in [3.63, 3.8) is 0 Å². The van der Waals surface area contributed by atoms with Crippen molar-refractivity contribution in [3.8, 4) is 0 Å². The molecule has 0 rings (SSSR count). The first-order valence-electron chi connectivity index (χ1n) is 8.85. The van der Waals surface area contributed by atoms with Gasteiger partial charge in [0.05, 0.1) is 6.17 Å². The molecule has 0 unspecified atom stereocenters. The minimum Gasteiger partial charge on any atom is -0.285 e. The summed E-state index contributed by atoms with van der Waals surface area (Å²) in [7, 11) is 1.16. The van der Waals surface area contributed by atoms with E-state index in [9.17, 15) is 0 Å². The van der Waals surface area contributed by atoms with Gasteiger partial charge in [0.1, 0.15) is 0 Å². The van der Waals surface area contributed by atoms with E-state index in [0.29, 0.717) is 6.17 Å². The Bertz CT molecular complexity index is 213. The quantitative estimate of drug-likeness (QED) is 0.380. The molecule has 0 heterocycles. The standard InChI is InChI=1S/C17H38N2Si/c1-5-9-14-18(12-7-3)17(11-16-20)19(13-8-4)15-10-6-2/h11,16-17H,5-10,12-15H2,1-4,20H3. The molecule has 0 amide bonds. The van der Waals surface area contributed by atoms with Crippen LogP contribution in [0.3, 0.4) is 0 Å². The van der Waals surface area contributed by atoms with Crippen LogP contribution in [-0.4, -0.2) is 52.4 Å². The van der Waals surface area contributed by atoms with Crippen molar-refractivity contribution < 1.29 is 0 Å². The Kier molecular flexibility index (Phi) is 13.8. The van der Waals surface area contributed by atoms with E-state index in [1.165, 1.54) is 64.7 Å². The van der Waals surface area contributed by atoms with Crippen LogP contribution in [0.4, 0.5) is 0 Å². The largest absolute Gasteiger partial charge is 0.285 e. The van der Waals surface area contributed by atoms with Gasteiger partial charge >= 0.3 is 0 Å². The molecule has 0 aromatic carbocycles. The molecule has 0 aliphatic carbocycles. The van der Waals surface area contributed by atoms with Crippen LogP contribution in [0.5, 0.6) is 0 Å². The number of hydrogen-bond donors (Lipinski definition) is 0. The molecule has 0 spiro atoms. The van der Waals surface area contributed by atoms with E-state index in [-0.39, 0.29) is 0 Å². The van der Waals surface area contributed by atoms with Gasteiger partial charge in [-0.25, -0.2) is 0 Å². The molecule has 0 atom stereocenters. The molecular formula is C17H38N2Si. The first-order chi connectivity index (χ1) is 9.74. The van der Waals surface area contributed by atoms with Crippen LogP contribution in [-0.2, 0) is 0 Å². The zero-order valence-corrected chi connectivity index (χ0v) is 16.7. The highest BCUT2D eigenvalue weighted by molar-refractivity contribution is 6.17. The normalized spacial score (nSPS) is 12.6. The van der Waals surface area contributed by atoms with E-state index < -0.39 is 0 Å². The minimum atomic E-state index is 0.533. The summed E-state index contributed by atoms with van der Waals surface area (Å²) in [5.41, 5.74) is 2.37. The van der Waals surface area contributed by atoms with Crippen LogP contribution in [0.25, 0.3) is 0 Å². The van der Waals surface area contributed by atoms with E-state index in [2.05, 4.69) is 49.3 Å². The lowest BCUT2D eigenvalue weighted by molar-refractivity contribution is 0.0723. The third-order valence-corrected chi connectivity index (χ3v) is 4.12. The summed E-state index contributed by atoms with van der Waals surface area (Å²) in [6.45, 7) is 14.1. The molecule has 0 radical (unpaired) electrons. The van der Waals surface area contributed by atoms with Crippen molar-refractivity contribution in [1.29, 1.82) is 0 Å². The summed E-state index contributed by atoms with van der Waals surface area (Å²) >= 11 is 0. The maximum atomic E-state index is 2.70. The third kappa shape index (κ3) is 8.23. The molecular weight excluding hydrogens is 260 g/mol. The van der Waals surface area contributed by atoms with Crippen molar-refractivity contribution in [2.24, 2.45) is 0 Å². The lowest BCUT2D eigenvalue weighted by atomic mass is 10.2. The molecule has 3 heteroatoms. The van der Waals surface area contributed by atoms with Gasteiger partial charge in [0.15, 0.2) is 0 Å². The average molecular weight is 299 g/mol. The average Bonchev–Trinajstić information content (AvgIpc) is 2.46. The number of rotatable bonds is 13. The molecule has 0 aliphatic heterocycles. The highest BCUT2D eigenvalue weighted by Gasteiger charge is 2.20. The van der Waals surface area contributed by atoms with Gasteiger partial charge in [0, 0.05) is 10.2 Å². The van der Waals surface area contributed by atoms with Crippen LogP contribution in [0.1, 0.15) is 66.2 Å². The van der Waals surface area contributed by atoms with Crippen molar-refractivity contribution in [1.82, 2.24) is 9.80 Å². The van der Waals surface area contributed by atoms with Gasteiger partial charge in [0.25, 0.3) is 0 Å². The van der Waals surface area contributed by atoms with Crippen LogP contribution in [0, 0.1) is 0 Å². The fraction of sp³-hybridized carbons (Fsp3) is 0.882. The fourth-order valence-corrected chi connectivity index (χ4v) is 3.04. The molecule has 0 saturated carbocycles. The van der Waals surface area contributed by atoms with Crippen molar-refractivity contribution >= 4 is 10.2 Å². The lowest BCUT2D eigenvalue weighted by Crippen LogP contribution is -2.48. The molecule has 0 aromatic heterocycles. The minimum absolute atomic E-state index is 0.533. The van der Waals surface area contributed by atoms with Crippen molar-refractivity contribution in [2.45, 2.75) is 72.4 Å². The molecule has 120 valence electrons. The Morgan fingerprint density at radius 3 is 1.50 bits per heavy atom. The van der Waals surface area contributed by atoms with Gasteiger partial charge in [-0.2, -0.15) is 0 Å². The predicted molar refractivity (Wildman–Crippen MR) is 96.4 cm³/mol. The molecule has 0 aromatic rings. The van der Waals surface area contributed by atoms with E-state index in [1.54, 1.807) is 0 Å². The number of hydrogen-bond acceptors (Lipinski definition) is 2. The van der Waals surface area contributed by atoms with Crippen LogP contribution in [0.2, 0.25) is 0 Å². The first-order valence-corrected chi connectivity index (χ1v) is 10.0. The summed E-state index contributed by atoms with van der Waals surface area (Å²) in [5.74, 6) is 0. The third-order valence-electron chi connectivity index (χ3n) is 3.73. The van der Waals surface area contributed by atoms with Gasteiger partial charge in [-0.05, 0) is 51.9 Å². The van der Waals surface area contributed by atoms with Crippen molar-refractivity contribution in [2.75, 3.05) is 26.2 Å². The molecule has 0 saturated heterocycles. The maximum Gasteiger partial charge on any atom is 0.0810 e. The molecule has 2 nitrogen and oxygen atoms in total. The Balaban J connectivity index is 4.86. The second-order valence-corrected chi connectivity index (χ2v) is 6.39. The summed E-state index contributed by atoms with van der Waals surface area (Å²) in [6.07, 6.45) is 10.7. The monoisotopic (exact) mass is 298 g/mol. The Morgan fingerprint density at radius 1 is 0.750 bits per heavy atom. The zero-order chi connectivity index (χ0) is 15.2. The van der Waals surface area contributed by atoms with Gasteiger partial charge < -0.3 is 0 Å². The van der Waals surface area contributed by atoms with Gasteiger partial charge in [-0.3, -0.25) is 9.80 Å². The molecule has 0 fully saturated rings. The Morgan fingerprint density at radius 2 is 1.20 bits per heavy atom. The summed E-state index contributed by atoms with van der Waals surface area (Å²) in [4.78, 5) is 5.40. The smallest absolute Gasteiger partial charge is 0.0810 e. The SMILES string of the molecule is CCCCN(CCC)C(C=C[SiH3])N(CCC)CCCC. The van der Waals surface area contributed by atoms with Gasteiger partial charge in [0.2, 0.25) is 0 Å². The molecule has 0 bridgehead atoms. The second-order valence-electron chi connectivity index (χ2n) is 5.72. The highest BCUT2D eigenvalue weighted by atomic mass is 28.1. The summed E-state index contributed by atoms with van der Waals surface area (Å²) in [5, 5.41) is 0. The molecule has 0 aliphatic rings. The topological polar surface area (TPSA) is 6.48 Å². The zero-order valence-electron chi connectivity index (χ0n) is 14.7. The second kappa shape index (κ2) is 13.8. The Hall–Kier alpha value is -0.123. The van der Waals surface area contributed by atoms with Crippen LogP contribution >= 0.6 is 0 Å². The fourth-order valence-electron chi connectivity index (χ4n) is 2.70. The molecule has 0 N–H and O–H groups in total. The van der Waals surface area contributed by atoms with E-state index in [0.717, 1.165) is 10.2 Å². The molecule has 20 heavy (non-hydrogen) atoms. The summed E-state index contributed by atoms with van der Waals surface area (Å²) < 4.78 is 0. The first kappa shape index (κ1) is 19.9.